The lowest BCUT2D eigenvalue weighted by atomic mass is 10.3. The molecule has 0 saturated heterocycles. The van der Waals surface area contributed by atoms with Crippen molar-refractivity contribution in [2.75, 3.05) is 6.61 Å². The molecule has 0 unspecified atom stereocenters. The smallest absolute Gasteiger partial charge is 0.274 e. The molecule has 0 atom stereocenters. The number of hydrogen-bond acceptors (Lipinski definition) is 4. The van der Waals surface area contributed by atoms with Gasteiger partial charge in [0.15, 0.2) is 0 Å². The summed E-state index contributed by atoms with van der Waals surface area (Å²) >= 11 is 5.87. The Morgan fingerprint density at radius 1 is 1.54 bits per heavy atom. The summed E-state index contributed by atoms with van der Waals surface area (Å²) in [5.74, 6) is 0. The predicted molar refractivity (Wildman–Crippen MR) is 58.0 cm³/mol. The number of aromatic nitrogens is 1. The van der Waals surface area contributed by atoms with Gasteiger partial charge in [0.2, 0.25) is 0 Å². The van der Waals surface area contributed by atoms with Crippen LogP contribution in [0.25, 0.3) is 10.2 Å². The van der Waals surface area contributed by atoms with Gasteiger partial charge in [-0.15, -0.1) is 12.6 Å². The third kappa shape index (κ3) is 1.64. The van der Waals surface area contributed by atoms with Crippen LogP contribution in [0.3, 0.4) is 0 Å². The van der Waals surface area contributed by atoms with Gasteiger partial charge in [-0.25, -0.2) is 4.98 Å². The van der Waals surface area contributed by atoms with Crippen molar-refractivity contribution in [2.24, 2.45) is 0 Å². The first-order chi connectivity index (χ1) is 6.31. The van der Waals surface area contributed by atoms with Crippen molar-refractivity contribution in [3.63, 3.8) is 0 Å². The lowest BCUT2D eigenvalue weighted by molar-refractivity contribution is 0.339. The van der Waals surface area contributed by atoms with Crippen molar-refractivity contribution in [1.82, 2.24) is 4.98 Å². The molecule has 2 rings (SSSR count). The highest BCUT2D eigenvalue weighted by Crippen LogP contribution is 2.30. The van der Waals surface area contributed by atoms with E-state index in [1.54, 1.807) is 11.3 Å². The second-order valence-electron chi connectivity index (χ2n) is 2.54. The zero-order valence-electron chi connectivity index (χ0n) is 7.15. The number of para-hydroxylation sites is 1. The van der Waals surface area contributed by atoms with Crippen molar-refractivity contribution < 1.29 is 4.74 Å². The van der Waals surface area contributed by atoms with Gasteiger partial charge in [-0.3, -0.25) is 0 Å². The van der Waals surface area contributed by atoms with E-state index in [-0.39, 0.29) is 0 Å². The average Bonchev–Trinajstić information content (AvgIpc) is 2.49. The first kappa shape index (κ1) is 8.84. The maximum Gasteiger partial charge on any atom is 0.274 e. The van der Waals surface area contributed by atoms with Crippen molar-refractivity contribution in [3.05, 3.63) is 18.2 Å². The molecule has 68 valence electrons. The number of nitrogens with zero attached hydrogens (tertiary/aromatic N) is 1. The van der Waals surface area contributed by atoms with Gasteiger partial charge in [0.25, 0.3) is 5.19 Å². The summed E-state index contributed by atoms with van der Waals surface area (Å²) in [6.07, 6.45) is 0. The normalized spacial score (nSPS) is 10.6. The average molecular weight is 211 g/mol. The fourth-order valence-electron chi connectivity index (χ4n) is 1.10. The molecule has 0 amide bonds. The molecule has 0 fully saturated rings. The van der Waals surface area contributed by atoms with E-state index in [1.807, 2.05) is 25.1 Å². The Morgan fingerprint density at radius 2 is 2.38 bits per heavy atom. The highest BCUT2D eigenvalue weighted by Gasteiger charge is 2.05. The highest BCUT2D eigenvalue weighted by molar-refractivity contribution is 7.80. The van der Waals surface area contributed by atoms with Crippen LogP contribution in [0.4, 0.5) is 0 Å². The van der Waals surface area contributed by atoms with Gasteiger partial charge in [-0.1, -0.05) is 17.4 Å². The highest BCUT2D eigenvalue weighted by atomic mass is 32.1. The molecule has 4 heteroatoms. The summed E-state index contributed by atoms with van der Waals surface area (Å²) in [4.78, 5) is 5.22. The van der Waals surface area contributed by atoms with E-state index in [4.69, 9.17) is 4.74 Å². The fourth-order valence-corrected chi connectivity index (χ4v) is 2.33. The van der Waals surface area contributed by atoms with Crippen LogP contribution in [0.5, 0.6) is 5.19 Å². The molecule has 0 aliphatic carbocycles. The molecule has 0 N–H and O–H groups in total. The minimum atomic E-state index is 0.654. The zero-order valence-corrected chi connectivity index (χ0v) is 8.86. The lowest BCUT2D eigenvalue weighted by Crippen LogP contribution is -1.89. The topological polar surface area (TPSA) is 22.1 Å². The quantitative estimate of drug-likeness (QED) is 0.771. The lowest BCUT2D eigenvalue weighted by Gasteiger charge is -1.92. The molecule has 1 aromatic heterocycles. The number of fused-ring (bicyclic) bond motifs is 1. The van der Waals surface area contributed by atoms with E-state index in [9.17, 15) is 0 Å². The first-order valence-corrected chi connectivity index (χ1v) is 5.29. The molecule has 0 saturated carbocycles. The van der Waals surface area contributed by atoms with E-state index in [1.165, 1.54) is 0 Å². The Hall–Kier alpha value is -0.740. The van der Waals surface area contributed by atoms with Crippen LogP contribution in [0.15, 0.2) is 23.1 Å². The minimum absolute atomic E-state index is 0.654. The van der Waals surface area contributed by atoms with Crippen LogP contribution in [0.1, 0.15) is 6.92 Å². The van der Waals surface area contributed by atoms with Crippen molar-refractivity contribution in [2.45, 2.75) is 11.8 Å². The van der Waals surface area contributed by atoms with E-state index < -0.39 is 0 Å². The number of rotatable bonds is 2. The SMILES string of the molecule is CCOc1nc2c(S)cccc2s1. The number of benzene rings is 1. The Bertz CT molecular complexity index is 424. The van der Waals surface area contributed by atoms with Gasteiger partial charge in [-0.2, -0.15) is 0 Å². The van der Waals surface area contributed by atoms with E-state index >= 15 is 0 Å². The monoisotopic (exact) mass is 211 g/mol. The maximum atomic E-state index is 5.32. The fraction of sp³-hybridized carbons (Fsp3) is 0.222. The van der Waals surface area contributed by atoms with E-state index in [2.05, 4.69) is 17.6 Å². The summed E-state index contributed by atoms with van der Waals surface area (Å²) in [7, 11) is 0. The van der Waals surface area contributed by atoms with Gasteiger partial charge in [0, 0.05) is 4.90 Å². The molecule has 1 aromatic carbocycles. The number of thiazole rings is 1. The molecule has 2 nitrogen and oxygen atoms in total. The molecule has 13 heavy (non-hydrogen) atoms. The van der Waals surface area contributed by atoms with E-state index in [0.29, 0.717) is 6.61 Å². The van der Waals surface area contributed by atoms with Crippen molar-refractivity contribution >= 4 is 34.2 Å². The summed E-state index contributed by atoms with van der Waals surface area (Å²) in [6, 6.07) is 5.93. The number of thiol groups is 1. The summed E-state index contributed by atoms with van der Waals surface area (Å²) in [5, 5.41) is 0.721. The Morgan fingerprint density at radius 3 is 3.08 bits per heavy atom. The van der Waals surface area contributed by atoms with Gasteiger partial charge >= 0.3 is 0 Å². The number of ether oxygens (including phenoxy) is 1. The third-order valence-electron chi connectivity index (χ3n) is 1.65. The van der Waals surface area contributed by atoms with E-state index in [0.717, 1.165) is 20.3 Å². The number of hydrogen-bond donors (Lipinski definition) is 1. The van der Waals surface area contributed by atoms with Gasteiger partial charge < -0.3 is 4.74 Å². The van der Waals surface area contributed by atoms with Crippen LogP contribution in [-0.4, -0.2) is 11.6 Å². The molecule has 0 bridgehead atoms. The Kier molecular flexibility index (Phi) is 2.42. The van der Waals surface area contributed by atoms with Crippen LogP contribution in [0.2, 0.25) is 0 Å². The summed E-state index contributed by atoms with van der Waals surface area (Å²) in [5.41, 5.74) is 0.930. The third-order valence-corrected chi connectivity index (χ3v) is 2.94. The second kappa shape index (κ2) is 3.55. The predicted octanol–water partition coefficient (Wildman–Crippen LogP) is 2.98. The largest absolute Gasteiger partial charge is 0.470 e. The van der Waals surface area contributed by atoms with Crippen LogP contribution in [0, 0.1) is 0 Å². The molecule has 1 heterocycles. The molecular weight excluding hydrogens is 202 g/mol. The molecule has 0 spiro atoms. The zero-order chi connectivity index (χ0) is 9.26. The van der Waals surface area contributed by atoms with Crippen LogP contribution >= 0.6 is 24.0 Å². The van der Waals surface area contributed by atoms with Gasteiger partial charge in [0.1, 0.15) is 0 Å². The second-order valence-corrected chi connectivity index (χ2v) is 4.01. The molecule has 0 radical (unpaired) electrons. The van der Waals surface area contributed by atoms with Crippen molar-refractivity contribution in [3.8, 4) is 5.19 Å². The Balaban J connectivity index is 2.55. The van der Waals surface area contributed by atoms with Crippen molar-refractivity contribution in [1.29, 1.82) is 0 Å². The minimum Gasteiger partial charge on any atom is -0.470 e. The molecular formula is C9H9NOS2. The molecule has 0 aliphatic rings. The van der Waals surface area contributed by atoms with Gasteiger partial charge in [0.05, 0.1) is 16.8 Å². The first-order valence-electron chi connectivity index (χ1n) is 4.02. The van der Waals surface area contributed by atoms with Gasteiger partial charge in [-0.05, 0) is 19.1 Å². The summed E-state index contributed by atoms with van der Waals surface area (Å²) in [6.45, 7) is 2.61. The van der Waals surface area contributed by atoms with Crippen LogP contribution < -0.4 is 4.74 Å². The maximum absolute atomic E-state index is 5.32. The van der Waals surface area contributed by atoms with Crippen LogP contribution in [-0.2, 0) is 0 Å². The Labute approximate surface area is 86.0 Å². The summed E-state index contributed by atoms with van der Waals surface area (Å²) < 4.78 is 6.44. The standard InChI is InChI=1S/C9H9NOS2/c1-2-11-9-10-8-6(12)4-3-5-7(8)13-9/h3-5,12H,2H2,1H3. The molecule has 2 aromatic rings. The molecule has 0 aliphatic heterocycles.